The van der Waals surface area contributed by atoms with Gasteiger partial charge in [0.05, 0.1) is 22.6 Å². The Morgan fingerprint density at radius 3 is 2.19 bits per heavy atom. The number of hydrogen-bond donors (Lipinski definition) is 1. The highest BCUT2D eigenvalue weighted by molar-refractivity contribution is 7.98. The first kappa shape index (κ1) is 18.5. The molecular weight excluding hydrogens is 391 g/mol. The zero-order valence-electron chi connectivity index (χ0n) is 13.3. The zero-order valence-corrected chi connectivity index (χ0v) is 15.7. The van der Waals surface area contributed by atoms with Gasteiger partial charge < -0.3 is 0 Å². The molecule has 2 aromatic carbocycles. The molecule has 1 aromatic heterocycles. The highest BCUT2D eigenvalue weighted by Gasteiger charge is 2.23. The largest absolute Gasteiger partial charge is 0.309 e. The van der Waals surface area contributed by atoms with Gasteiger partial charge >= 0.3 is 5.91 Å². The van der Waals surface area contributed by atoms with Crippen molar-refractivity contribution >= 4 is 58.2 Å². The van der Waals surface area contributed by atoms with Crippen LogP contribution in [0.4, 0.5) is 11.4 Å². The van der Waals surface area contributed by atoms with Gasteiger partial charge in [0.2, 0.25) is 0 Å². The summed E-state index contributed by atoms with van der Waals surface area (Å²) in [4.78, 5) is 29.3. The first-order valence-corrected chi connectivity index (χ1v) is 8.70. The Bertz CT molecular complexity index is 995. The lowest BCUT2D eigenvalue weighted by molar-refractivity contribution is -0.130. The topological polar surface area (TPSA) is 50.3 Å². The van der Waals surface area contributed by atoms with Crippen LogP contribution in [0.1, 0.15) is 0 Å². The van der Waals surface area contributed by atoms with Crippen LogP contribution < -0.4 is 4.90 Å². The molecule has 1 heterocycles. The van der Waals surface area contributed by atoms with E-state index in [9.17, 15) is 9.59 Å². The lowest BCUT2D eigenvalue weighted by atomic mass is 10.0. The van der Waals surface area contributed by atoms with E-state index in [1.165, 1.54) is 17.3 Å². The lowest BCUT2D eigenvalue weighted by Crippen LogP contribution is -2.30. The number of anilines is 2. The summed E-state index contributed by atoms with van der Waals surface area (Å²) in [5.41, 5.74) is 2.57. The fourth-order valence-electron chi connectivity index (χ4n) is 2.49. The van der Waals surface area contributed by atoms with Gasteiger partial charge in [0, 0.05) is 11.2 Å². The first-order valence-electron chi connectivity index (χ1n) is 7.49. The summed E-state index contributed by atoms with van der Waals surface area (Å²) >= 11 is 15.7. The molecule has 3 rings (SSSR count). The number of thiol groups is 1. The van der Waals surface area contributed by atoms with Crippen molar-refractivity contribution in [2.45, 2.75) is 0 Å². The molecule has 0 bridgehead atoms. The Kier molecular flexibility index (Phi) is 5.61. The van der Waals surface area contributed by atoms with Crippen molar-refractivity contribution in [3.05, 3.63) is 77.0 Å². The van der Waals surface area contributed by atoms with Crippen molar-refractivity contribution < 1.29 is 9.59 Å². The number of carbonyl (C=O) groups is 2. The molecule has 0 unspecified atom stereocenters. The van der Waals surface area contributed by atoms with E-state index in [1.54, 1.807) is 30.3 Å². The van der Waals surface area contributed by atoms with Crippen LogP contribution in [0.3, 0.4) is 0 Å². The molecule has 0 atom stereocenters. The van der Waals surface area contributed by atoms with E-state index in [4.69, 9.17) is 23.2 Å². The molecule has 0 aliphatic heterocycles. The van der Waals surface area contributed by atoms with Crippen molar-refractivity contribution in [2.75, 3.05) is 4.90 Å². The molecule has 0 aliphatic carbocycles. The van der Waals surface area contributed by atoms with Gasteiger partial charge in [-0.1, -0.05) is 60.1 Å². The van der Waals surface area contributed by atoms with E-state index in [1.807, 2.05) is 24.3 Å². The average molecular weight is 403 g/mol. The molecule has 0 spiro atoms. The van der Waals surface area contributed by atoms with Crippen molar-refractivity contribution in [3.8, 4) is 11.1 Å². The number of benzene rings is 2. The predicted octanol–water partition coefficient (Wildman–Crippen LogP) is 5.18. The number of halogens is 2. The smallest absolute Gasteiger partial charge is 0.276 e. The normalized spacial score (nSPS) is 10.4. The Morgan fingerprint density at radius 2 is 1.54 bits per heavy atom. The number of hydrogen-bond acceptors (Lipinski definition) is 3. The minimum absolute atomic E-state index is 0.345. The minimum Gasteiger partial charge on any atom is -0.276 e. The Balaban J connectivity index is 2.11. The summed E-state index contributed by atoms with van der Waals surface area (Å²) < 4.78 is 0. The Labute approximate surface area is 165 Å². The second kappa shape index (κ2) is 7.91. The van der Waals surface area contributed by atoms with Crippen molar-refractivity contribution in [1.82, 2.24) is 4.98 Å². The third-order valence-electron chi connectivity index (χ3n) is 3.60. The van der Waals surface area contributed by atoms with Crippen LogP contribution in [0, 0.1) is 0 Å². The molecule has 0 fully saturated rings. The molecular formula is C19H12Cl2N2O2S. The summed E-state index contributed by atoms with van der Waals surface area (Å²) in [5.74, 6) is -0.805. The van der Waals surface area contributed by atoms with E-state index in [2.05, 4.69) is 17.6 Å². The number of rotatable bonds is 4. The van der Waals surface area contributed by atoms with E-state index in [0.29, 0.717) is 21.4 Å². The lowest BCUT2D eigenvalue weighted by Gasteiger charge is -2.22. The first-order chi connectivity index (χ1) is 12.5. The fourth-order valence-corrected chi connectivity index (χ4v) is 2.95. The van der Waals surface area contributed by atoms with Gasteiger partial charge in [-0.15, -0.1) is 0 Å². The Hall–Kier alpha value is -2.34. The van der Waals surface area contributed by atoms with E-state index in [0.717, 1.165) is 11.1 Å². The third kappa shape index (κ3) is 4.07. The zero-order chi connectivity index (χ0) is 18.7. The van der Waals surface area contributed by atoms with E-state index in [-0.39, 0.29) is 0 Å². The van der Waals surface area contributed by atoms with Crippen LogP contribution in [-0.2, 0) is 9.59 Å². The minimum atomic E-state index is -0.891. The molecule has 7 heteroatoms. The van der Waals surface area contributed by atoms with Gasteiger partial charge in [-0.05, 0) is 41.5 Å². The highest BCUT2D eigenvalue weighted by Crippen LogP contribution is 2.31. The van der Waals surface area contributed by atoms with Crippen LogP contribution in [0.25, 0.3) is 11.1 Å². The number of nitrogens with zero attached hydrogens (tertiary/aromatic N) is 2. The van der Waals surface area contributed by atoms with Gasteiger partial charge in [0.1, 0.15) is 0 Å². The molecule has 26 heavy (non-hydrogen) atoms. The maximum absolute atomic E-state index is 12.5. The van der Waals surface area contributed by atoms with Crippen LogP contribution in [0.2, 0.25) is 10.0 Å². The number of aromatic nitrogens is 1. The molecule has 0 radical (unpaired) electrons. The predicted molar refractivity (Wildman–Crippen MR) is 107 cm³/mol. The second-order valence-electron chi connectivity index (χ2n) is 5.37. The Morgan fingerprint density at radius 1 is 0.846 bits per heavy atom. The summed E-state index contributed by atoms with van der Waals surface area (Å²) in [6.45, 7) is 0. The van der Waals surface area contributed by atoms with Gasteiger partial charge in [0.25, 0.3) is 5.12 Å². The fraction of sp³-hybridized carbons (Fsp3) is 0. The highest BCUT2D eigenvalue weighted by atomic mass is 35.5. The summed E-state index contributed by atoms with van der Waals surface area (Å²) in [6.07, 6.45) is 2.89. The molecule has 130 valence electrons. The van der Waals surface area contributed by atoms with Crippen molar-refractivity contribution in [2.24, 2.45) is 0 Å². The summed E-state index contributed by atoms with van der Waals surface area (Å²) in [7, 11) is 0. The third-order valence-corrected chi connectivity index (χ3v) is 4.23. The van der Waals surface area contributed by atoms with Crippen LogP contribution >= 0.6 is 35.8 Å². The molecule has 0 saturated heterocycles. The summed E-state index contributed by atoms with van der Waals surface area (Å²) in [5, 5.41) is 0.0569. The van der Waals surface area contributed by atoms with Crippen molar-refractivity contribution in [1.29, 1.82) is 0 Å². The maximum Gasteiger partial charge on any atom is 0.309 e. The number of amides is 1. The van der Waals surface area contributed by atoms with E-state index >= 15 is 0 Å². The molecule has 1 amide bonds. The van der Waals surface area contributed by atoms with Gasteiger partial charge in [-0.2, -0.15) is 0 Å². The van der Waals surface area contributed by atoms with Crippen LogP contribution in [0.15, 0.2) is 67.0 Å². The van der Waals surface area contributed by atoms with Crippen LogP contribution in [0.5, 0.6) is 0 Å². The molecule has 0 aliphatic rings. The summed E-state index contributed by atoms with van der Waals surface area (Å²) in [6, 6.07) is 16.1. The van der Waals surface area contributed by atoms with Crippen molar-refractivity contribution in [3.63, 3.8) is 0 Å². The van der Waals surface area contributed by atoms with Gasteiger partial charge in [-0.3, -0.25) is 19.5 Å². The van der Waals surface area contributed by atoms with Gasteiger partial charge in [-0.25, -0.2) is 0 Å². The number of pyridine rings is 1. The van der Waals surface area contributed by atoms with Gasteiger partial charge in [0.15, 0.2) is 0 Å². The SMILES string of the molecule is O=C(S)C(=O)N(c1cncc(Cl)c1)c1cccc(-c2cccc(Cl)c2)c1. The van der Waals surface area contributed by atoms with E-state index < -0.39 is 11.0 Å². The quantitative estimate of drug-likeness (QED) is 0.483. The second-order valence-corrected chi connectivity index (χ2v) is 6.65. The molecule has 4 nitrogen and oxygen atoms in total. The average Bonchev–Trinajstić information content (AvgIpc) is 2.62. The molecule has 0 saturated carbocycles. The monoisotopic (exact) mass is 402 g/mol. The maximum atomic E-state index is 12.5. The molecule has 0 N–H and O–H groups in total. The van der Waals surface area contributed by atoms with Crippen LogP contribution in [-0.4, -0.2) is 16.0 Å². The molecule has 3 aromatic rings. The standard InChI is InChI=1S/C19H12Cl2N2O2S/c20-14-5-1-3-12(7-14)13-4-2-6-16(8-13)23(18(24)19(25)26)17-9-15(21)10-22-11-17/h1-11H,(H,25,26). The number of carbonyl (C=O) groups excluding carboxylic acids is 2.